The second-order valence-corrected chi connectivity index (χ2v) is 6.51. The van der Waals surface area contributed by atoms with Gasteiger partial charge in [-0.3, -0.25) is 9.69 Å². The van der Waals surface area contributed by atoms with Gasteiger partial charge in [-0.05, 0) is 51.9 Å². The third kappa shape index (κ3) is 4.26. The molecule has 3 rings (SSSR count). The van der Waals surface area contributed by atoms with Crippen LogP contribution in [0.2, 0.25) is 0 Å². The SMILES string of the molecule is C[C@@H](O)CNC(=O)C1CCN([C@@H](C)c2nc(-c3ccco3)no2)CC1. The van der Waals surface area contributed by atoms with Crippen molar-refractivity contribution in [2.45, 2.75) is 38.8 Å². The van der Waals surface area contributed by atoms with E-state index in [1.165, 1.54) is 0 Å². The number of amides is 1. The molecule has 0 aromatic carbocycles. The van der Waals surface area contributed by atoms with Gasteiger partial charge in [-0.2, -0.15) is 4.98 Å². The van der Waals surface area contributed by atoms with E-state index >= 15 is 0 Å². The van der Waals surface area contributed by atoms with Crippen molar-refractivity contribution in [1.29, 1.82) is 0 Å². The van der Waals surface area contributed by atoms with E-state index in [4.69, 9.17) is 8.94 Å². The molecule has 25 heavy (non-hydrogen) atoms. The first-order chi connectivity index (χ1) is 12.0. The van der Waals surface area contributed by atoms with Crippen LogP contribution in [-0.4, -0.2) is 51.8 Å². The third-order valence-corrected chi connectivity index (χ3v) is 4.56. The van der Waals surface area contributed by atoms with E-state index in [1.54, 1.807) is 25.3 Å². The lowest BCUT2D eigenvalue weighted by atomic mass is 9.95. The maximum atomic E-state index is 12.1. The van der Waals surface area contributed by atoms with Gasteiger partial charge in [0, 0.05) is 12.5 Å². The van der Waals surface area contributed by atoms with Gasteiger partial charge in [0.2, 0.25) is 17.6 Å². The molecule has 2 aromatic heterocycles. The van der Waals surface area contributed by atoms with Crippen LogP contribution < -0.4 is 5.32 Å². The van der Waals surface area contributed by atoms with Crippen LogP contribution in [-0.2, 0) is 4.79 Å². The number of piperidine rings is 1. The zero-order chi connectivity index (χ0) is 17.8. The minimum Gasteiger partial charge on any atom is -0.461 e. The van der Waals surface area contributed by atoms with Crippen LogP contribution in [0.15, 0.2) is 27.3 Å². The third-order valence-electron chi connectivity index (χ3n) is 4.56. The Morgan fingerprint density at radius 3 is 2.84 bits per heavy atom. The Hall–Kier alpha value is -2.19. The molecular formula is C17H24N4O4. The summed E-state index contributed by atoms with van der Waals surface area (Å²) in [5.41, 5.74) is 0. The molecule has 0 radical (unpaired) electrons. The minimum atomic E-state index is -0.523. The van der Waals surface area contributed by atoms with Gasteiger partial charge in [-0.1, -0.05) is 5.16 Å². The number of nitrogens with zero attached hydrogens (tertiary/aromatic N) is 3. The molecule has 0 saturated carbocycles. The number of likely N-dealkylation sites (tertiary alicyclic amines) is 1. The summed E-state index contributed by atoms with van der Waals surface area (Å²) < 4.78 is 10.7. The monoisotopic (exact) mass is 348 g/mol. The Bertz CT molecular complexity index is 675. The second-order valence-electron chi connectivity index (χ2n) is 6.51. The van der Waals surface area contributed by atoms with Crippen molar-refractivity contribution < 1.29 is 18.8 Å². The number of aliphatic hydroxyl groups is 1. The maximum absolute atomic E-state index is 12.1. The first-order valence-electron chi connectivity index (χ1n) is 8.62. The highest BCUT2D eigenvalue weighted by Crippen LogP contribution is 2.27. The normalized spacial score (nSPS) is 18.8. The number of furan rings is 1. The summed E-state index contributed by atoms with van der Waals surface area (Å²) >= 11 is 0. The van der Waals surface area contributed by atoms with Crippen molar-refractivity contribution in [3.05, 3.63) is 24.3 Å². The predicted molar refractivity (Wildman–Crippen MR) is 89.4 cm³/mol. The van der Waals surface area contributed by atoms with Gasteiger partial charge in [0.1, 0.15) is 0 Å². The molecule has 8 nitrogen and oxygen atoms in total. The molecule has 8 heteroatoms. The van der Waals surface area contributed by atoms with Gasteiger partial charge in [-0.15, -0.1) is 0 Å². The molecule has 1 amide bonds. The maximum Gasteiger partial charge on any atom is 0.244 e. The van der Waals surface area contributed by atoms with Crippen molar-refractivity contribution >= 4 is 5.91 Å². The smallest absolute Gasteiger partial charge is 0.244 e. The Labute approximate surface area is 146 Å². The summed E-state index contributed by atoms with van der Waals surface area (Å²) in [5.74, 6) is 1.58. The van der Waals surface area contributed by atoms with Crippen molar-refractivity contribution in [3.63, 3.8) is 0 Å². The number of rotatable bonds is 6. The fourth-order valence-electron chi connectivity index (χ4n) is 3.01. The van der Waals surface area contributed by atoms with E-state index in [-0.39, 0.29) is 17.9 Å². The summed E-state index contributed by atoms with van der Waals surface area (Å²) in [7, 11) is 0. The first kappa shape index (κ1) is 17.6. The average Bonchev–Trinajstić information content (AvgIpc) is 3.30. The first-order valence-corrected chi connectivity index (χ1v) is 8.62. The van der Waals surface area contributed by atoms with E-state index in [1.807, 2.05) is 6.92 Å². The molecule has 2 N–H and O–H groups in total. The number of hydrogen-bond acceptors (Lipinski definition) is 7. The molecule has 0 bridgehead atoms. The molecule has 1 saturated heterocycles. The number of aromatic nitrogens is 2. The van der Waals surface area contributed by atoms with Crippen LogP contribution in [0.25, 0.3) is 11.6 Å². The highest BCUT2D eigenvalue weighted by molar-refractivity contribution is 5.78. The van der Waals surface area contributed by atoms with E-state index in [2.05, 4.69) is 20.4 Å². The predicted octanol–water partition coefficient (Wildman–Crippen LogP) is 1.60. The zero-order valence-electron chi connectivity index (χ0n) is 14.5. The van der Waals surface area contributed by atoms with E-state index in [9.17, 15) is 9.90 Å². The molecule has 0 spiro atoms. The van der Waals surface area contributed by atoms with Crippen LogP contribution in [0.4, 0.5) is 0 Å². The number of carbonyl (C=O) groups is 1. The molecule has 3 heterocycles. The standard InChI is InChI=1S/C17H24N4O4/c1-11(22)10-18-16(23)13-5-7-21(8-6-13)12(2)17-19-15(20-25-17)14-4-3-9-24-14/h3-4,9,11-13,22H,5-8,10H2,1-2H3,(H,18,23)/t11-,12+/m1/s1. The molecule has 136 valence electrons. The quantitative estimate of drug-likeness (QED) is 0.817. The number of aliphatic hydroxyl groups excluding tert-OH is 1. The highest BCUT2D eigenvalue weighted by Gasteiger charge is 2.30. The summed E-state index contributed by atoms with van der Waals surface area (Å²) in [6.07, 6.45) is 2.59. The average molecular weight is 348 g/mol. The lowest BCUT2D eigenvalue weighted by Gasteiger charge is -2.33. The summed E-state index contributed by atoms with van der Waals surface area (Å²) in [6.45, 7) is 5.55. The zero-order valence-corrected chi connectivity index (χ0v) is 14.5. The lowest BCUT2D eigenvalue weighted by molar-refractivity contribution is -0.127. The summed E-state index contributed by atoms with van der Waals surface area (Å²) in [5, 5.41) is 16.0. The molecule has 0 unspecified atom stereocenters. The van der Waals surface area contributed by atoms with Crippen LogP contribution in [0.1, 0.15) is 38.6 Å². The Morgan fingerprint density at radius 2 is 2.20 bits per heavy atom. The van der Waals surface area contributed by atoms with Crippen LogP contribution in [0, 0.1) is 5.92 Å². The highest BCUT2D eigenvalue weighted by atomic mass is 16.5. The van der Waals surface area contributed by atoms with Crippen LogP contribution >= 0.6 is 0 Å². The van der Waals surface area contributed by atoms with Gasteiger partial charge in [-0.25, -0.2) is 0 Å². The molecule has 1 aliphatic rings. The Kier molecular flexibility index (Phi) is 5.50. The number of nitrogens with one attached hydrogen (secondary N) is 1. The van der Waals surface area contributed by atoms with Crippen molar-refractivity contribution in [3.8, 4) is 11.6 Å². The van der Waals surface area contributed by atoms with Gasteiger partial charge in [0.15, 0.2) is 5.76 Å². The van der Waals surface area contributed by atoms with E-state index in [0.717, 1.165) is 25.9 Å². The molecular weight excluding hydrogens is 324 g/mol. The van der Waals surface area contributed by atoms with Gasteiger partial charge >= 0.3 is 0 Å². The largest absolute Gasteiger partial charge is 0.461 e. The molecule has 2 aromatic rings. The van der Waals surface area contributed by atoms with Crippen LogP contribution in [0.3, 0.4) is 0 Å². The topological polar surface area (TPSA) is 105 Å². The number of hydrogen-bond donors (Lipinski definition) is 2. The Morgan fingerprint density at radius 1 is 1.44 bits per heavy atom. The van der Waals surface area contributed by atoms with Crippen molar-refractivity contribution in [1.82, 2.24) is 20.4 Å². The molecule has 2 atom stereocenters. The Balaban J connectivity index is 1.53. The van der Waals surface area contributed by atoms with Gasteiger partial charge < -0.3 is 19.4 Å². The van der Waals surface area contributed by atoms with Crippen LogP contribution in [0.5, 0.6) is 0 Å². The summed E-state index contributed by atoms with van der Waals surface area (Å²) in [4.78, 5) is 18.7. The van der Waals surface area contributed by atoms with Crippen molar-refractivity contribution in [2.75, 3.05) is 19.6 Å². The van der Waals surface area contributed by atoms with E-state index in [0.29, 0.717) is 24.0 Å². The fourth-order valence-corrected chi connectivity index (χ4v) is 3.01. The molecule has 0 aliphatic carbocycles. The molecule has 1 aliphatic heterocycles. The number of carbonyl (C=O) groups excluding carboxylic acids is 1. The minimum absolute atomic E-state index is 0.0106. The van der Waals surface area contributed by atoms with E-state index < -0.39 is 6.10 Å². The van der Waals surface area contributed by atoms with Gasteiger partial charge in [0.05, 0.1) is 18.4 Å². The second kappa shape index (κ2) is 7.79. The summed E-state index contributed by atoms with van der Waals surface area (Å²) in [6, 6.07) is 3.55. The van der Waals surface area contributed by atoms with Crippen molar-refractivity contribution in [2.24, 2.45) is 5.92 Å². The lowest BCUT2D eigenvalue weighted by Crippen LogP contribution is -2.42. The molecule has 1 fully saturated rings. The fraction of sp³-hybridized carbons (Fsp3) is 0.588. The van der Waals surface area contributed by atoms with Gasteiger partial charge in [0.25, 0.3) is 0 Å².